The van der Waals surface area contributed by atoms with Crippen molar-refractivity contribution in [2.45, 2.75) is 38.8 Å². The molecule has 0 spiro atoms. The molecule has 0 bridgehead atoms. The summed E-state index contributed by atoms with van der Waals surface area (Å²) in [4.78, 5) is 6.70. The number of likely N-dealkylation sites (tertiary alicyclic amines) is 1. The maximum Gasteiger partial charge on any atom is 0.123 e. The van der Waals surface area contributed by atoms with Gasteiger partial charge in [0.2, 0.25) is 0 Å². The first kappa shape index (κ1) is 10.4. The Balaban J connectivity index is 2.19. The fourth-order valence-electron chi connectivity index (χ4n) is 2.38. The molecule has 2 N–H and O–H groups in total. The summed E-state index contributed by atoms with van der Waals surface area (Å²) in [5.74, 6) is 0.604. The molecule has 1 aromatic heterocycles. The van der Waals surface area contributed by atoms with Gasteiger partial charge in [-0.05, 0) is 44.9 Å². The van der Waals surface area contributed by atoms with Crippen LogP contribution in [-0.4, -0.2) is 22.5 Å². The summed E-state index contributed by atoms with van der Waals surface area (Å²) in [5, 5.41) is 0. The predicted octanol–water partition coefficient (Wildman–Crippen LogP) is 2.21. The third kappa shape index (κ3) is 2.12. The highest BCUT2D eigenvalue weighted by Crippen LogP contribution is 2.33. The van der Waals surface area contributed by atoms with Gasteiger partial charge in [0.1, 0.15) is 5.82 Å². The number of pyridine rings is 1. The number of nitrogens with two attached hydrogens (primary N) is 1. The molecule has 3 nitrogen and oxygen atoms in total. The van der Waals surface area contributed by atoms with E-state index in [1.165, 1.54) is 24.9 Å². The minimum Gasteiger partial charge on any atom is -0.384 e. The number of nitrogens with zero attached hydrogens (tertiary/aromatic N) is 2. The molecule has 2 heterocycles. The normalized spacial score (nSPS) is 22.5. The van der Waals surface area contributed by atoms with Crippen LogP contribution in [0.3, 0.4) is 0 Å². The molecule has 0 saturated carbocycles. The van der Waals surface area contributed by atoms with E-state index in [0.717, 1.165) is 0 Å². The topological polar surface area (TPSA) is 42.1 Å². The fraction of sp³-hybridized carbons (Fsp3) is 0.583. The molecular weight excluding hydrogens is 186 g/mol. The highest BCUT2D eigenvalue weighted by molar-refractivity contribution is 5.30. The Bertz CT molecular complexity index is 318. The van der Waals surface area contributed by atoms with E-state index in [1.54, 1.807) is 0 Å². The van der Waals surface area contributed by atoms with Crippen LogP contribution in [0.15, 0.2) is 18.3 Å². The molecule has 0 aliphatic carbocycles. The van der Waals surface area contributed by atoms with Crippen LogP contribution in [0.4, 0.5) is 5.82 Å². The van der Waals surface area contributed by atoms with Crippen LogP contribution < -0.4 is 5.73 Å². The lowest BCUT2D eigenvalue weighted by Crippen LogP contribution is -2.30. The largest absolute Gasteiger partial charge is 0.384 e. The zero-order chi connectivity index (χ0) is 10.8. The van der Waals surface area contributed by atoms with E-state index in [1.807, 2.05) is 12.3 Å². The lowest BCUT2D eigenvalue weighted by Gasteiger charge is -2.28. The minimum atomic E-state index is 0.540. The standard InChI is InChI=1S/C12H19N3/c1-9(2)15-7-3-4-11(15)10-5-6-12(13)14-8-10/h5-6,8-9,11H,3-4,7H2,1-2H3,(H2,13,14)/t11-/m1/s1. The lowest BCUT2D eigenvalue weighted by molar-refractivity contribution is 0.205. The molecule has 0 unspecified atom stereocenters. The number of nitrogen functional groups attached to an aromatic ring is 1. The average Bonchev–Trinajstić information content (AvgIpc) is 2.67. The molecule has 0 aromatic carbocycles. The van der Waals surface area contributed by atoms with Crippen molar-refractivity contribution < 1.29 is 0 Å². The van der Waals surface area contributed by atoms with Crippen LogP contribution in [0, 0.1) is 0 Å². The van der Waals surface area contributed by atoms with E-state index >= 15 is 0 Å². The summed E-state index contributed by atoms with van der Waals surface area (Å²) in [6.45, 7) is 5.71. The Kier molecular flexibility index (Phi) is 2.91. The summed E-state index contributed by atoms with van der Waals surface area (Å²) in [6, 6.07) is 5.15. The first-order valence-electron chi connectivity index (χ1n) is 5.65. The Labute approximate surface area is 91.3 Å². The van der Waals surface area contributed by atoms with Crippen LogP contribution in [0.5, 0.6) is 0 Å². The van der Waals surface area contributed by atoms with Crippen molar-refractivity contribution in [3.8, 4) is 0 Å². The molecule has 0 radical (unpaired) electrons. The molecular formula is C12H19N3. The van der Waals surface area contributed by atoms with Gasteiger partial charge in [-0.1, -0.05) is 6.07 Å². The van der Waals surface area contributed by atoms with E-state index in [0.29, 0.717) is 17.9 Å². The second-order valence-corrected chi connectivity index (χ2v) is 4.51. The van der Waals surface area contributed by atoms with Crippen molar-refractivity contribution in [2.75, 3.05) is 12.3 Å². The van der Waals surface area contributed by atoms with Gasteiger partial charge < -0.3 is 5.73 Å². The molecule has 1 atom stereocenters. The maximum absolute atomic E-state index is 5.60. The highest BCUT2D eigenvalue weighted by atomic mass is 15.2. The Morgan fingerprint density at radius 2 is 2.27 bits per heavy atom. The second kappa shape index (κ2) is 4.19. The van der Waals surface area contributed by atoms with Crippen LogP contribution in [0.25, 0.3) is 0 Å². The molecule has 1 aliphatic rings. The number of rotatable bonds is 2. The van der Waals surface area contributed by atoms with Gasteiger partial charge in [0.15, 0.2) is 0 Å². The van der Waals surface area contributed by atoms with Crippen molar-refractivity contribution in [2.24, 2.45) is 0 Å². The number of hydrogen-bond donors (Lipinski definition) is 1. The molecule has 3 heteroatoms. The van der Waals surface area contributed by atoms with Crippen molar-refractivity contribution >= 4 is 5.82 Å². The molecule has 82 valence electrons. The minimum absolute atomic E-state index is 0.540. The SMILES string of the molecule is CC(C)N1CCC[C@@H]1c1ccc(N)nc1. The predicted molar refractivity (Wildman–Crippen MR) is 62.5 cm³/mol. The monoisotopic (exact) mass is 205 g/mol. The van der Waals surface area contributed by atoms with Crippen LogP contribution in [-0.2, 0) is 0 Å². The quantitative estimate of drug-likeness (QED) is 0.805. The maximum atomic E-state index is 5.60. The molecule has 15 heavy (non-hydrogen) atoms. The molecule has 1 aliphatic heterocycles. The average molecular weight is 205 g/mol. The van der Waals surface area contributed by atoms with Crippen LogP contribution in [0.1, 0.15) is 38.3 Å². The number of hydrogen-bond acceptors (Lipinski definition) is 3. The number of anilines is 1. The van der Waals surface area contributed by atoms with Crippen molar-refractivity contribution in [1.82, 2.24) is 9.88 Å². The second-order valence-electron chi connectivity index (χ2n) is 4.51. The zero-order valence-electron chi connectivity index (χ0n) is 9.48. The van der Waals surface area contributed by atoms with Gasteiger partial charge in [-0.2, -0.15) is 0 Å². The fourth-order valence-corrected chi connectivity index (χ4v) is 2.38. The van der Waals surface area contributed by atoms with Crippen LogP contribution >= 0.6 is 0 Å². The summed E-state index contributed by atoms with van der Waals surface area (Å²) < 4.78 is 0. The van der Waals surface area contributed by atoms with Gasteiger partial charge in [0.25, 0.3) is 0 Å². The van der Waals surface area contributed by atoms with Crippen molar-refractivity contribution in [3.63, 3.8) is 0 Å². The summed E-state index contributed by atoms with van der Waals surface area (Å²) in [7, 11) is 0. The lowest BCUT2D eigenvalue weighted by atomic mass is 10.1. The summed E-state index contributed by atoms with van der Waals surface area (Å²) in [6.07, 6.45) is 4.44. The summed E-state index contributed by atoms with van der Waals surface area (Å²) >= 11 is 0. The van der Waals surface area contributed by atoms with E-state index in [4.69, 9.17) is 5.73 Å². The third-order valence-corrected chi connectivity index (χ3v) is 3.15. The zero-order valence-corrected chi connectivity index (χ0v) is 9.48. The van der Waals surface area contributed by atoms with Gasteiger partial charge in [0, 0.05) is 18.3 Å². The van der Waals surface area contributed by atoms with E-state index < -0.39 is 0 Å². The van der Waals surface area contributed by atoms with Crippen LogP contribution in [0.2, 0.25) is 0 Å². The molecule has 1 fully saturated rings. The van der Waals surface area contributed by atoms with Gasteiger partial charge in [0.05, 0.1) is 0 Å². The van der Waals surface area contributed by atoms with Gasteiger partial charge in [-0.3, -0.25) is 4.90 Å². The highest BCUT2D eigenvalue weighted by Gasteiger charge is 2.27. The molecule has 1 aromatic rings. The third-order valence-electron chi connectivity index (χ3n) is 3.15. The molecule has 1 saturated heterocycles. The van der Waals surface area contributed by atoms with Crippen molar-refractivity contribution in [1.29, 1.82) is 0 Å². The molecule has 2 rings (SSSR count). The molecule has 0 amide bonds. The first-order valence-corrected chi connectivity index (χ1v) is 5.65. The van der Waals surface area contributed by atoms with Gasteiger partial charge >= 0.3 is 0 Å². The van der Waals surface area contributed by atoms with E-state index in [2.05, 4.69) is 29.8 Å². The van der Waals surface area contributed by atoms with E-state index in [9.17, 15) is 0 Å². The van der Waals surface area contributed by atoms with Crippen molar-refractivity contribution in [3.05, 3.63) is 23.9 Å². The Morgan fingerprint density at radius 1 is 1.47 bits per heavy atom. The Morgan fingerprint density at radius 3 is 2.87 bits per heavy atom. The number of aromatic nitrogens is 1. The first-order chi connectivity index (χ1) is 7.18. The van der Waals surface area contributed by atoms with E-state index in [-0.39, 0.29) is 0 Å². The van der Waals surface area contributed by atoms with Gasteiger partial charge in [-0.15, -0.1) is 0 Å². The smallest absolute Gasteiger partial charge is 0.123 e. The Hall–Kier alpha value is -1.09. The van der Waals surface area contributed by atoms with Gasteiger partial charge in [-0.25, -0.2) is 4.98 Å². The summed E-state index contributed by atoms with van der Waals surface area (Å²) in [5.41, 5.74) is 6.90.